The summed E-state index contributed by atoms with van der Waals surface area (Å²) in [5.41, 5.74) is 0. The molecule has 0 aromatic carbocycles. The third-order valence-corrected chi connectivity index (χ3v) is 3.01. The van der Waals surface area contributed by atoms with E-state index in [0.29, 0.717) is 13.0 Å². The number of hydrogen-bond donors (Lipinski definition) is 0. The van der Waals surface area contributed by atoms with E-state index in [-0.39, 0.29) is 12.0 Å². The van der Waals surface area contributed by atoms with Gasteiger partial charge in [0.05, 0.1) is 6.54 Å². The molecular formula is C14H18N2O2. The first kappa shape index (κ1) is 12.6. The smallest absolute Gasteiger partial charge is 0.223 e. The maximum absolute atomic E-state index is 11.8. The van der Waals surface area contributed by atoms with Crippen LogP contribution in [0.4, 0.5) is 0 Å². The summed E-state index contributed by atoms with van der Waals surface area (Å²) >= 11 is 0. The average Bonchev–Trinajstić information content (AvgIpc) is 2.86. The van der Waals surface area contributed by atoms with Gasteiger partial charge in [-0.25, -0.2) is 0 Å². The summed E-state index contributed by atoms with van der Waals surface area (Å²) in [7, 11) is 0. The Kier molecular flexibility index (Phi) is 4.34. The molecule has 1 saturated heterocycles. The normalized spacial score (nSPS) is 18.7. The number of allylic oxidation sites excluding steroid dienone is 1. The van der Waals surface area contributed by atoms with Crippen LogP contribution < -0.4 is 4.74 Å². The summed E-state index contributed by atoms with van der Waals surface area (Å²) in [4.78, 5) is 17.6. The summed E-state index contributed by atoms with van der Waals surface area (Å²) in [5.74, 6) is 1.01. The summed E-state index contributed by atoms with van der Waals surface area (Å²) in [6.45, 7) is 5.09. The molecule has 0 saturated carbocycles. The van der Waals surface area contributed by atoms with Crippen molar-refractivity contribution in [1.82, 2.24) is 9.88 Å². The quantitative estimate of drug-likeness (QED) is 0.746. The number of likely N-dealkylation sites (tertiary alicyclic amines) is 1. The molecule has 1 fully saturated rings. The lowest BCUT2D eigenvalue weighted by atomic mass is 10.3. The SMILES string of the molecule is C=CCCC(=O)N1CCC(Oc2ccncc2)C1. The van der Waals surface area contributed by atoms with E-state index in [2.05, 4.69) is 11.6 Å². The number of carbonyl (C=O) groups is 1. The second-order valence-electron chi connectivity index (χ2n) is 4.38. The van der Waals surface area contributed by atoms with Crippen LogP contribution in [0.2, 0.25) is 0 Å². The monoisotopic (exact) mass is 246 g/mol. The van der Waals surface area contributed by atoms with Gasteiger partial charge in [-0.05, 0) is 18.6 Å². The molecule has 18 heavy (non-hydrogen) atoms. The summed E-state index contributed by atoms with van der Waals surface area (Å²) < 4.78 is 5.81. The summed E-state index contributed by atoms with van der Waals surface area (Å²) in [5, 5.41) is 0. The molecule has 0 radical (unpaired) electrons. The van der Waals surface area contributed by atoms with Crippen LogP contribution >= 0.6 is 0 Å². The molecule has 4 heteroatoms. The lowest BCUT2D eigenvalue weighted by Gasteiger charge is -2.16. The van der Waals surface area contributed by atoms with E-state index in [1.54, 1.807) is 18.5 Å². The van der Waals surface area contributed by atoms with Crippen LogP contribution in [0.5, 0.6) is 5.75 Å². The van der Waals surface area contributed by atoms with Crippen molar-refractivity contribution in [2.75, 3.05) is 13.1 Å². The fourth-order valence-electron chi connectivity index (χ4n) is 2.04. The number of rotatable bonds is 5. The zero-order valence-corrected chi connectivity index (χ0v) is 10.4. The van der Waals surface area contributed by atoms with E-state index in [1.807, 2.05) is 17.0 Å². The molecule has 1 aromatic heterocycles. The molecule has 1 aliphatic heterocycles. The number of hydrogen-bond acceptors (Lipinski definition) is 3. The largest absolute Gasteiger partial charge is 0.488 e. The molecule has 2 heterocycles. The highest BCUT2D eigenvalue weighted by Crippen LogP contribution is 2.18. The number of carbonyl (C=O) groups excluding carboxylic acids is 1. The fraction of sp³-hybridized carbons (Fsp3) is 0.429. The number of pyridine rings is 1. The van der Waals surface area contributed by atoms with Gasteiger partial charge in [0.1, 0.15) is 11.9 Å². The molecule has 0 aliphatic carbocycles. The fourth-order valence-corrected chi connectivity index (χ4v) is 2.04. The number of nitrogens with zero attached hydrogens (tertiary/aromatic N) is 2. The lowest BCUT2D eigenvalue weighted by molar-refractivity contribution is -0.130. The van der Waals surface area contributed by atoms with Crippen LogP contribution in [0.1, 0.15) is 19.3 Å². The predicted octanol–water partition coefficient (Wildman–Crippen LogP) is 2.03. The van der Waals surface area contributed by atoms with Crippen molar-refractivity contribution in [3.05, 3.63) is 37.2 Å². The zero-order chi connectivity index (χ0) is 12.8. The van der Waals surface area contributed by atoms with Crippen LogP contribution in [-0.4, -0.2) is 35.0 Å². The van der Waals surface area contributed by atoms with Crippen molar-refractivity contribution in [2.45, 2.75) is 25.4 Å². The molecule has 1 unspecified atom stereocenters. The van der Waals surface area contributed by atoms with E-state index in [0.717, 1.165) is 25.1 Å². The highest BCUT2D eigenvalue weighted by atomic mass is 16.5. The standard InChI is InChI=1S/C14H18N2O2/c1-2-3-4-14(17)16-10-7-13(11-16)18-12-5-8-15-9-6-12/h2,5-6,8-9,13H,1,3-4,7,10-11H2. The molecule has 0 bridgehead atoms. The average molecular weight is 246 g/mol. The highest BCUT2D eigenvalue weighted by molar-refractivity contribution is 5.76. The van der Waals surface area contributed by atoms with Crippen molar-refractivity contribution in [1.29, 1.82) is 0 Å². The van der Waals surface area contributed by atoms with Gasteiger partial charge in [-0.1, -0.05) is 6.08 Å². The molecule has 1 atom stereocenters. The van der Waals surface area contributed by atoms with Crippen LogP contribution in [0.15, 0.2) is 37.2 Å². The number of ether oxygens (including phenoxy) is 1. The minimum atomic E-state index is 0.0973. The van der Waals surface area contributed by atoms with E-state index in [4.69, 9.17) is 4.74 Å². The molecule has 1 aromatic rings. The van der Waals surface area contributed by atoms with Gasteiger partial charge in [-0.2, -0.15) is 0 Å². The number of amides is 1. The van der Waals surface area contributed by atoms with E-state index >= 15 is 0 Å². The van der Waals surface area contributed by atoms with E-state index in [1.165, 1.54) is 0 Å². The molecule has 0 spiro atoms. The Hall–Kier alpha value is -1.84. The Morgan fingerprint density at radius 1 is 1.56 bits per heavy atom. The first-order valence-electron chi connectivity index (χ1n) is 6.25. The van der Waals surface area contributed by atoms with Gasteiger partial charge in [-0.15, -0.1) is 6.58 Å². The van der Waals surface area contributed by atoms with Gasteiger partial charge in [0.2, 0.25) is 5.91 Å². The maximum atomic E-state index is 11.8. The minimum Gasteiger partial charge on any atom is -0.488 e. The second-order valence-corrected chi connectivity index (χ2v) is 4.38. The van der Waals surface area contributed by atoms with Gasteiger partial charge in [0.15, 0.2) is 0 Å². The van der Waals surface area contributed by atoms with Crippen LogP contribution in [0.3, 0.4) is 0 Å². The minimum absolute atomic E-state index is 0.0973. The molecule has 1 amide bonds. The van der Waals surface area contributed by atoms with Gasteiger partial charge >= 0.3 is 0 Å². The Morgan fingerprint density at radius 2 is 2.33 bits per heavy atom. The second kappa shape index (κ2) is 6.19. The number of aromatic nitrogens is 1. The Morgan fingerprint density at radius 3 is 3.06 bits per heavy atom. The third-order valence-electron chi connectivity index (χ3n) is 3.01. The van der Waals surface area contributed by atoms with Crippen molar-refractivity contribution >= 4 is 5.91 Å². The Labute approximate surface area is 107 Å². The molecule has 2 rings (SSSR count). The van der Waals surface area contributed by atoms with Crippen molar-refractivity contribution in [3.8, 4) is 5.75 Å². The van der Waals surface area contributed by atoms with Gasteiger partial charge in [-0.3, -0.25) is 9.78 Å². The van der Waals surface area contributed by atoms with Crippen LogP contribution in [0, 0.1) is 0 Å². The molecule has 0 N–H and O–H groups in total. The molecule has 4 nitrogen and oxygen atoms in total. The predicted molar refractivity (Wildman–Crippen MR) is 69.3 cm³/mol. The first-order chi connectivity index (χ1) is 8.79. The first-order valence-corrected chi connectivity index (χ1v) is 6.25. The maximum Gasteiger partial charge on any atom is 0.223 e. The van der Waals surface area contributed by atoms with Crippen LogP contribution in [-0.2, 0) is 4.79 Å². The summed E-state index contributed by atoms with van der Waals surface area (Å²) in [6, 6.07) is 3.67. The van der Waals surface area contributed by atoms with Gasteiger partial charge < -0.3 is 9.64 Å². The van der Waals surface area contributed by atoms with Crippen molar-refractivity contribution in [3.63, 3.8) is 0 Å². The lowest BCUT2D eigenvalue weighted by Crippen LogP contribution is -2.30. The third kappa shape index (κ3) is 3.32. The van der Waals surface area contributed by atoms with E-state index in [9.17, 15) is 4.79 Å². The van der Waals surface area contributed by atoms with Crippen molar-refractivity contribution < 1.29 is 9.53 Å². The molecular weight excluding hydrogens is 228 g/mol. The Balaban J connectivity index is 1.81. The topological polar surface area (TPSA) is 42.4 Å². The van der Waals surface area contributed by atoms with E-state index < -0.39 is 0 Å². The molecule has 1 aliphatic rings. The van der Waals surface area contributed by atoms with Gasteiger partial charge in [0.25, 0.3) is 0 Å². The highest BCUT2D eigenvalue weighted by Gasteiger charge is 2.26. The van der Waals surface area contributed by atoms with Crippen molar-refractivity contribution in [2.24, 2.45) is 0 Å². The zero-order valence-electron chi connectivity index (χ0n) is 10.4. The molecule has 96 valence electrons. The van der Waals surface area contributed by atoms with Gasteiger partial charge in [0, 0.05) is 31.8 Å². The summed E-state index contributed by atoms with van der Waals surface area (Å²) in [6.07, 6.45) is 7.46. The Bertz CT molecular complexity index is 406. The van der Waals surface area contributed by atoms with Crippen LogP contribution in [0.25, 0.3) is 0 Å².